The van der Waals surface area contributed by atoms with Crippen molar-refractivity contribution in [3.63, 3.8) is 0 Å². The molecule has 0 aromatic heterocycles. The van der Waals surface area contributed by atoms with Gasteiger partial charge in [-0.15, -0.1) is 0 Å². The minimum atomic E-state index is -1.29. The van der Waals surface area contributed by atoms with Crippen LogP contribution in [0, 0.1) is 5.92 Å². The molecule has 0 saturated heterocycles. The number of hydrogen-bond acceptors (Lipinski definition) is 5. The maximum atomic E-state index is 12.1. The molecule has 0 aliphatic rings. The molecule has 0 spiro atoms. The van der Waals surface area contributed by atoms with Crippen LogP contribution < -0.4 is 10.6 Å². The Labute approximate surface area is 146 Å². The fourth-order valence-electron chi connectivity index (χ4n) is 2.07. The first kappa shape index (κ1) is 20.4. The highest BCUT2D eigenvalue weighted by Gasteiger charge is 2.27. The van der Waals surface area contributed by atoms with E-state index in [9.17, 15) is 19.5 Å². The Kier molecular flexibility index (Phi) is 8.42. The van der Waals surface area contributed by atoms with Crippen LogP contribution in [0.15, 0.2) is 30.3 Å². The summed E-state index contributed by atoms with van der Waals surface area (Å²) in [6, 6.07) is 6.56. The zero-order chi connectivity index (χ0) is 18.8. The largest absolute Gasteiger partial charge is 0.480 e. The third-order valence-electron chi connectivity index (χ3n) is 3.33. The van der Waals surface area contributed by atoms with E-state index in [0.29, 0.717) is 0 Å². The van der Waals surface area contributed by atoms with E-state index in [-0.39, 0.29) is 18.9 Å². The summed E-state index contributed by atoms with van der Waals surface area (Å²) in [5.41, 5.74) is 0.769. The van der Waals surface area contributed by atoms with Crippen molar-refractivity contribution in [2.24, 2.45) is 5.92 Å². The lowest BCUT2D eigenvalue weighted by molar-refractivity contribution is -0.142. The number of nitrogens with one attached hydrogen (secondary N) is 2. The number of aliphatic hydroxyl groups excluding tert-OH is 1. The normalized spacial score (nSPS) is 13.0. The molecule has 8 heteroatoms. The first-order chi connectivity index (χ1) is 11.8. The lowest BCUT2D eigenvalue weighted by Gasteiger charge is -2.20. The van der Waals surface area contributed by atoms with Crippen LogP contribution in [-0.2, 0) is 20.9 Å². The number of ether oxygens (including phenoxy) is 1. The summed E-state index contributed by atoms with van der Waals surface area (Å²) in [5, 5.41) is 22.9. The molecular formula is C17H24N2O6. The van der Waals surface area contributed by atoms with Crippen molar-refractivity contribution in [2.45, 2.75) is 39.0 Å². The van der Waals surface area contributed by atoms with Crippen molar-refractivity contribution in [2.75, 3.05) is 6.61 Å². The lowest BCUT2D eigenvalue weighted by Crippen LogP contribution is -2.53. The number of hydrogen-bond donors (Lipinski definition) is 4. The van der Waals surface area contributed by atoms with Gasteiger partial charge in [-0.3, -0.25) is 4.79 Å². The standard InChI is InChI=1S/C17H24N2O6/c1-11(2)8-13(16(22)23)18-15(21)14(9-20)19-17(24)25-10-12-6-4-3-5-7-12/h3-7,11,13-14,20H,8-10H2,1-2H3,(H,18,21)(H,19,24)(H,22,23)/t13-,14+/m1/s1. The second-order valence-electron chi connectivity index (χ2n) is 5.97. The highest BCUT2D eigenvalue weighted by atomic mass is 16.5. The van der Waals surface area contributed by atoms with Crippen LogP contribution in [0.1, 0.15) is 25.8 Å². The molecule has 2 amide bonds. The van der Waals surface area contributed by atoms with Gasteiger partial charge in [-0.25, -0.2) is 9.59 Å². The van der Waals surface area contributed by atoms with Crippen LogP contribution >= 0.6 is 0 Å². The SMILES string of the molecule is CC(C)C[C@@H](NC(=O)[C@H](CO)NC(=O)OCc1ccccc1)C(=O)O. The van der Waals surface area contributed by atoms with Gasteiger partial charge in [0.1, 0.15) is 18.7 Å². The zero-order valence-corrected chi connectivity index (χ0v) is 14.3. The molecule has 0 bridgehead atoms. The summed E-state index contributed by atoms with van der Waals surface area (Å²) in [4.78, 5) is 35.0. The first-order valence-electron chi connectivity index (χ1n) is 7.94. The van der Waals surface area contributed by atoms with Gasteiger partial charge in [0.2, 0.25) is 5.91 Å². The van der Waals surface area contributed by atoms with E-state index >= 15 is 0 Å². The molecule has 25 heavy (non-hydrogen) atoms. The number of carbonyl (C=O) groups is 3. The van der Waals surface area contributed by atoms with E-state index in [1.54, 1.807) is 24.3 Å². The average molecular weight is 352 g/mol. The Balaban J connectivity index is 2.54. The number of rotatable bonds is 9. The van der Waals surface area contributed by atoms with E-state index in [4.69, 9.17) is 9.84 Å². The van der Waals surface area contributed by atoms with Gasteiger partial charge in [0, 0.05) is 0 Å². The van der Waals surface area contributed by atoms with Gasteiger partial charge in [0.25, 0.3) is 0 Å². The van der Waals surface area contributed by atoms with E-state index < -0.39 is 36.7 Å². The molecule has 0 heterocycles. The molecule has 0 fully saturated rings. The molecule has 0 radical (unpaired) electrons. The monoisotopic (exact) mass is 352 g/mol. The number of carboxylic acid groups (broad SMARTS) is 1. The molecule has 1 aromatic rings. The van der Waals surface area contributed by atoms with Crippen LogP contribution in [0.3, 0.4) is 0 Å². The van der Waals surface area contributed by atoms with Crippen molar-refractivity contribution >= 4 is 18.0 Å². The van der Waals surface area contributed by atoms with Crippen molar-refractivity contribution in [3.8, 4) is 0 Å². The zero-order valence-electron chi connectivity index (χ0n) is 14.3. The quantitative estimate of drug-likeness (QED) is 0.523. The number of aliphatic carboxylic acids is 1. The average Bonchev–Trinajstić information content (AvgIpc) is 2.57. The van der Waals surface area contributed by atoms with Crippen LogP contribution in [0.5, 0.6) is 0 Å². The second kappa shape index (κ2) is 10.3. The van der Waals surface area contributed by atoms with Crippen LogP contribution in [0.2, 0.25) is 0 Å². The highest BCUT2D eigenvalue weighted by molar-refractivity contribution is 5.89. The summed E-state index contributed by atoms with van der Waals surface area (Å²) in [6.45, 7) is 2.98. The summed E-state index contributed by atoms with van der Waals surface area (Å²) in [7, 11) is 0. The summed E-state index contributed by atoms with van der Waals surface area (Å²) >= 11 is 0. The second-order valence-corrected chi connectivity index (χ2v) is 5.97. The molecule has 1 rings (SSSR count). The summed E-state index contributed by atoms with van der Waals surface area (Å²) < 4.78 is 4.97. The maximum absolute atomic E-state index is 12.1. The van der Waals surface area contributed by atoms with Crippen molar-refractivity contribution in [1.29, 1.82) is 0 Å². The van der Waals surface area contributed by atoms with E-state index in [0.717, 1.165) is 5.56 Å². The van der Waals surface area contributed by atoms with Gasteiger partial charge < -0.3 is 25.6 Å². The number of carbonyl (C=O) groups excluding carboxylic acids is 2. The molecule has 4 N–H and O–H groups in total. The van der Waals surface area contributed by atoms with Gasteiger partial charge >= 0.3 is 12.1 Å². The van der Waals surface area contributed by atoms with Gasteiger partial charge in [0.15, 0.2) is 0 Å². The van der Waals surface area contributed by atoms with Gasteiger partial charge in [-0.1, -0.05) is 44.2 Å². The topological polar surface area (TPSA) is 125 Å². The number of benzene rings is 1. The minimum absolute atomic E-state index is 0.0114. The van der Waals surface area contributed by atoms with Crippen molar-refractivity contribution in [1.82, 2.24) is 10.6 Å². The molecule has 138 valence electrons. The number of alkyl carbamates (subject to hydrolysis) is 1. The lowest BCUT2D eigenvalue weighted by atomic mass is 10.0. The van der Waals surface area contributed by atoms with E-state index in [1.807, 2.05) is 19.9 Å². The Morgan fingerprint density at radius 3 is 2.24 bits per heavy atom. The van der Waals surface area contributed by atoms with Gasteiger partial charge in [-0.05, 0) is 17.9 Å². The molecule has 2 atom stereocenters. The molecule has 0 unspecified atom stereocenters. The van der Waals surface area contributed by atoms with Crippen LogP contribution in [-0.4, -0.2) is 46.9 Å². The third-order valence-corrected chi connectivity index (χ3v) is 3.33. The number of amides is 2. The Bertz CT molecular complexity index is 576. The highest BCUT2D eigenvalue weighted by Crippen LogP contribution is 2.05. The number of aliphatic hydroxyl groups is 1. The fraction of sp³-hybridized carbons (Fsp3) is 0.471. The summed E-state index contributed by atoms with van der Waals surface area (Å²) in [5.74, 6) is -1.91. The maximum Gasteiger partial charge on any atom is 0.408 e. The molecule has 0 aliphatic carbocycles. The predicted molar refractivity (Wildman–Crippen MR) is 89.7 cm³/mol. The van der Waals surface area contributed by atoms with E-state index in [1.165, 1.54) is 0 Å². The van der Waals surface area contributed by atoms with Crippen LogP contribution in [0.25, 0.3) is 0 Å². The molecule has 1 aromatic carbocycles. The van der Waals surface area contributed by atoms with Crippen molar-refractivity contribution in [3.05, 3.63) is 35.9 Å². The minimum Gasteiger partial charge on any atom is -0.480 e. The van der Waals surface area contributed by atoms with E-state index in [2.05, 4.69) is 10.6 Å². The summed E-state index contributed by atoms with van der Waals surface area (Å²) in [6.07, 6.45) is -0.647. The smallest absolute Gasteiger partial charge is 0.408 e. The predicted octanol–water partition coefficient (Wildman–Crippen LogP) is 0.889. The molecule has 0 saturated carbocycles. The first-order valence-corrected chi connectivity index (χ1v) is 7.94. The molecule has 8 nitrogen and oxygen atoms in total. The van der Waals surface area contributed by atoms with Crippen LogP contribution in [0.4, 0.5) is 4.79 Å². The van der Waals surface area contributed by atoms with Gasteiger partial charge in [-0.2, -0.15) is 0 Å². The number of carboxylic acids is 1. The van der Waals surface area contributed by atoms with Gasteiger partial charge in [0.05, 0.1) is 6.61 Å². The Hall–Kier alpha value is -2.61. The van der Waals surface area contributed by atoms with Crippen molar-refractivity contribution < 1.29 is 29.3 Å². The molecular weight excluding hydrogens is 328 g/mol. The Morgan fingerprint density at radius 1 is 1.08 bits per heavy atom. The third kappa shape index (κ3) is 7.67. The fourth-order valence-corrected chi connectivity index (χ4v) is 2.07. The Morgan fingerprint density at radius 2 is 1.72 bits per heavy atom. The molecule has 0 aliphatic heterocycles.